The van der Waals surface area contributed by atoms with Gasteiger partial charge in [-0.1, -0.05) is 0 Å². The van der Waals surface area contributed by atoms with Gasteiger partial charge in [0.25, 0.3) is 5.56 Å². The molecule has 3 rings (SSSR count). The van der Waals surface area contributed by atoms with Gasteiger partial charge in [-0.05, 0) is 18.9 Å². The molecule has 0 saturated heterocycles. The second-order valence-corrected chi connectivity index (χ2v) is 6.44. The van der Waals surface area contributed by atoms with Crippen LogP contribution in [0.15, 0.2) is 4.79 Å². The number of esters is 1. The van der Waals surface area contributed by atoms with E-state index >= 15 is 0 Å². The van der Waals surface area contributed by atoms with Crippen LogP contribution in [0.2, 0.25) is 0 Å². The van der Waals surface area contributed by atoms with E-state index in [9.17, 15) is 14.4 Å². The standard InChI is InChI=1S/C15H17N3O4S/c1-8-11-13(17-10-4-3-6-18(10)14(11)20)23-12(8)15(21)22-7-5-16-9(2)19/h3-7H2,1-2H3,(H,16,19). The number of carbonyl (C=O) groups excluding carboxylic acids is 2. The Kier molecular flexibility index (Phi) is 4.16. The summed E-state index contributed by atoms with van der Waals surface area (Å²) in [6.45, 7) is 4.18. The number of amides is 1. The van der Waals surface area contributed by atoms with E-state index in [2.05, 4.69) is 10.3 Å². The van der Waals surface area contributed by atoms with E-state index in [1.807, 2.05) is 0 Å². The van der Waals surface area contributed by atoms with E-state index in [1.54, 1.807) is 11.5 Å². The van der Waals surface area contributed by atoms with Crippen LogP contribution in [0.25, 0.3) is 10.2 Å². The normalized spacial score (nSPS) is 13.1. The molecule has 0 radical (unpaired) electrons. The van der Waals surface area contributed by atoms with Crippen molar-refractivity contribution in [2.75, 3.05) is 13.2 Å². The van der Waals surface area contributed by atoms with Gasteiger partial charge in [-0.15, -0.1) is 11.3 Å². The summed E-state index contributed by atoms with van der Waals surface area (Å²) in [5.41, 5.74) is 0.544. The molecule has 23 heavy (non-hydrogen) atoms. The lowest BCUT2D eigenvalue weighted by Gasteiger charge is -2.04. The molecule has 7 nitrogen and oxygen atoms in total. The fourth-order valence-electron chi connectivity index (χ4n) is 2.71. The minimum atomic E-state index is -0.486. The smallest absolute Gasteiger partial charge is 0.348 e. The van der Waals surface area contributed by atoms with Gasteiger partial charge < -0.3 is 10.1 Å². The SMILES string of the molecule is CC(=O)NCCOC(=O)c1sc2nc3n(c(=O)c2c1C)CCC3. The molecule has 3 heterocycles. The van der Waals surface area contributed by atoms with Crippen LogP contribution in [0.3, 0.4) is 0 Å². The van der Waals surface area contributed by atoms with Crippen LogP contribution in [-0.4, -0.2) is 34.6 Å². The molecule has 0 spiro atoms. The number of rotatable bonds is 4. The van der Waals surface area contributed by atoms with Crippen molar-refractivity contribution in [2.45, 2.75) is 33.2 Å². The topological polar surface area (TPSA) is 90.3 Å². The third kappa shape index (κ3) is 2.86. The lowest BCUT2D eigenvalue weighted by molar-refractivity contribution is -0.119. The highest BCUT2D eigenvalue weighted by Gasteiger charge is 2.23. The molecular weight excluding hydrogens is 318 g/mol. The molecule has 0 fully saturated rings. The molecule has 0 unspecified atom stereocenters. The van der Waals surface area contributed by atoms with Gasteiger partial charge in [0.2, 0.25) is 5.91 Å². The number of nitrogens with one attached hydrogen (secondary N) is 1. The number of thiophene rings is 1. The molecule has 8 heteroatoms. The van der Waals surface area contributed by atoms with Crippen molar-refractivity contribution in [3.8, 4) is 0 Å². The van der Waals surface area contributed by atoms with Gasteiger partial charge >= 0.3 is 5.97 Å². The average Bonchev–Trinajstić information content (AvgIpc) is 3.09. The quantitative estimate of drug-likeness (QED) is 0.665. The number of nitrogens with zero attached hydrogens (tertiary/aromatic N) is 2. The van der Waals surface area contributed by atoms with Crippen LogP contribution in [-0.2, 0) is 22.5 Å². The molecule has 0 atom stereocenters. The van der Waals surface area contributed by atoms with Gasteiger partial charge in [-0.2, -0.15) is 0 Å². The molecule has 0 saturated carbocycles. The Bertz CT molecular complexity index is 853. The third-order valence-electron chi connectivity index (χ3n) is 3.81. The summed E-state index contributed by atoms with van der Waals surface area (Å²) in [5.74, 6) is 0.126. The molecule has 0 bridgehead atoms. The second-order valence-electron chi connectivity index (χ2n) is 5.44. The minimum Gasteiger partial charge on any atom is -0.460 e. The van der Waals surface area contributed by atoms with Crippen molar-refractivity contribution in [1.82, 2.24) is 14.9 Å². The summed E-state index contributed by atoms with van der Waals surface area (Å²) in [7, 11) is 0. The number of hydrogen-bond acceptors (Lipinski definition) is 6. The first-order valence-corrected chi connectivity index (χ1v) is 8.25. The van der Waals surface area contributed by atoms with Crippen molar-refractivity contribution < 1.29 is 14.3 Å². The van der Waals surface area contributed by atoms with Crippen molar-refractivity contribution in [3.63, 3.8) is 0 Å². The third-order valence-corrected chi connectivity index (χ3v) is 4.97. The fourth-order valence-corrected chi connectivity index (χ4v) is 3.79. The molecule has 2 aromatic rings. The number of carbonyl (C=O) groups is 2. The summed E-state index contributed by atoms with van der Waals surface area (Å²) in [5, 5.41) is 3.06. The summed E-state index contributed by atoms with van der Waals surface area (Å²) >= 11 is 1.19. The second kappa shape index (κ2) is 6.11. The molecular formula is C15H17N3O4S. The number of hydrogen-bond donors (Lipinski definition) is 1. The fraction of sp³-hybridized carbons (Fsp3) is 0.467. The van der Waals surface area contributed by atoms with Crippen LogP contribution in [0.4, 0.5) is 0 Å². The Labute approximate surface area is 136 Å². The number of fused-ring (bicyclic) bond motifs is 2. The number of ether oxygens (including phenoxy) is 1. The van der Waals surface area contributed by atoms with E-state index in [1.165, 1.54) is 18.3 Å². The maximum Gasteiger partial charge on any atom is 0.348 e. The lowest BCUT2D eigenvalue weighted by Crippen LogP contribution is -2.25. The Morgan fingerprint density at radius 2 is 2.22 bits per heavy atom. The Balaban J connectivity index is 1.86. The molecule has 1 N–H and O–H groups in total. The summed E-state index contributed by atoms with van der Waals surface area (Å²) in [6.07, 6.45) is 1.72. The largest absolute Gasteiger partial charge is 0.460 e. The van der Waals surface area contributed by atoms with Gasteiger partial charge in [0.15, 0.2) is 0 Å². The predicted molar refractivity (Wildman–Crippen MR) is 85.9 cm³/mol. The summed E-state index contributed by atoms with van der Waals surface area (Å²) in [4.78, 5) is 41.0. The molecule has 1 aliphatic heterocycles. The minimum absolute atomic E-state index is 0.0754. The van der Waals surface area contributed by atoms with Gasteiger partial charge in [-0.3, -0.25) is 14.2 Å². The maximum absolute atomic E-state index is 12.5. The van der Waals surface area contributed by atoms with Crippen molar-refractivity contribution >= 4 is 33.4 Å². The first kappa shape index (κ1) is 15.7. The summed E-state index contributed by atoms with van der Waals surface area (Å²) in [6, 6.07) is 0. The average molecular weight is 335 g/mol. The van der Waals surface area contributed by atoms with Crippen LogP contribution >= 0.6 is 11.3 Å². The van der Waals surface area contributed by atoms with Crippen molar-refractivity contribution in [1.29, 1.82) is 0 Å². The lowest BCUT2D eigenvalue weighted by atomic mass is 10.2. The monoisotopic (exact) mass is 335 g/mol. The zero-order chi connectivity index (χ0) is 16.6. The van der Waals surface area contributed by atoms with Crippen LogP contribution in [0.1, 0.15) is 34.4 Å². The maximum atomic E-state index is 12.5. The zero-order valence-corrected chi connectivity index (χ0v) is 13.8. The molecule has 2 aromatic heterocycles. The van der Waals surface area contributed by atoms with Crippen LogP contribution in [0, 0.1) is 6.92 Å². The highest BCUT2D eigenvalue weighted by molar-refractivity contribution is 7.20. The van der Waals surface area contributed by atoms with E-state index in [-0.39, 0.29) is 24.6 Å². The van der Waals surface area contributed by atoms with Crippen molar-refractivity contribution in [3.05, 3.63) is 26.6 Å². The number of aryl methyl sites for hydroxylation is 2. The van der Waals surface area contributed by atoms with E-state index in [4.69, 9.17) is 4.74 Å². The Morgan fingerprint density at radius 3 is 2.96 bits per heavy atom. The van der Waals surface area contributed by atoms with Gasteiger partial charge in [-0.25, -0.2) is 9.78 Å². The molecule has 0 aliphatic carbocycles. The summed E-state index contributed by atoms with van der Waals surface area (Å²) < 4.78 is 6.84. The Morgan fingerprint density at radius 1 is 1.43 bits per heavy atom. The van der Waals surface area contributed by atoms with Gasteiger partial charge in [0.05, 0.1) is 11.9 Å². The van der Waals surface area contributed by atoms with E-state index < -0.39 is 5.97 Å². The molecule has 1 amide bonds. The van der Waals surface area contributed by atoms with Crippen LogP contribution < -0.4 is 10.9 Å². The first-order valence-electron chi connectivity index (χ1n) is 7.43. The molecule has 0 aromatic carbocycles. The molecule has 1 aliphatic rings. The zero-order valence-electron chi connectivity index (χ0n) is 13.0. The first-order chi connectivity index (χ1) is 11.0. The van der Waals surface area contributed by atoms with Crippen LogP contribution in [0.5, 0.6) is 0 Å². The predicted octanol–water partition coefficient (Wildman–Crippen LogP) is 1.01. The van der Waals surface area contributed by atoms with E-state index in [0.29, 0.717) is 27.2 Å². The van der Waals surface area contributed by atoms with Crippen molar-refractivity contribution in [2.24, 2.45) is 0 Å². The van der Waals surface area contributed by atoms with Gasteiger partial charge in [0, 0.05) is 19.9 Å². The molecule has 122 valence electrons. The van der Waals surface area contributed by atoms with E-state index in [0.717, 1.165) is 18.7 Å². The highest BCUT2D eigenvalue weighted by atomic mass is 32.1. The number of aromatic nitrogens is 2. The highest BCUT2D eigenvalue weighted by Crippen LogP contribution is 2.29. The van der Waals surface area contributed by atoms with Gasteiger partial charge in [0.1, 0.15) is 22.1 Å². The Hall–Kier alpha value is -2.22.